The Morgan fingerprint density at radius 2 is 2.33 bits per heavy atom. The minimum absolute atomic E-state index is 0.0845. The summed E-state index contributed by atoms with van der Waals surface area (Å²) in [5, 5.41) is 0. The Labute approximate surface area is 87.3 Å². The number of carbonyl (C=O) groups excluding carboxylic acids is 1. The zero-order chi connectivity index (χ0) is 11.3. The topological polar surface area (TPSA) is 52.3 Å². The molecule has 0 aliphatic carbocycles. The molecule has 0 atom stereocenters. The van der Waals surface area contributed by atoms with E-state index in [0.717, 1.165) is 0 Å². The van der Waals surface area contributed by atoms with Crippen molar-refractivity contribution < 1.29 is 13.9 Å². The van der Waals surface area contributed by atoms with E-state index in [2.05, 4.69) is 0 Å². The van der Waals surface area contributed by atoms with E-state index in [1.807, 2.05) is 0 Å². The molecule has 0 heterocycles. The lowest BCUT2D eigenvalue weighted by Gasteiger charge is -2.07. The van der Waals surface area contributed by atoms with Crippen LogP contribution in [0, 0.1) is 0 Å². The second kappa shape index (κ2) is 5.26. The lowest BCUT2D eigenvalue weighted by molar-refractivity contribution is 0.112. The van der Waals surface area contributed by atoms with Crippen LogP contribution >= 0.6 is 0 Å². The third-order valence-corrected chi connectivity index (χ3v) is 2.08. The molecular weight excluding hydrogens is 197 g/mol. The van der Waals surface area contributed by atoms with Crippen LogP contribution in [0.25, 0.3) is 5.57 Å². The maximum Gasteiger partial charge on any atom is 0.153 e. The molecule has 1 aromatic rings. The minimum atomic E-state index is 0.0845. The molecule has 0 aliphatic heterocycles. The van der Waals surface area contributed by atoms with Crippen molar-refractivity contribution in [1.29, 1.82) is 0 Å². The standard InChI is InChI=1S/C11H12FNO2/c1-15-11-3-2-8(4-9(11)7-14)10(5-12)6-13/h2-5,7H,6,13H2,1H3/b10-5-. The largest absolute Gasteiger partial charge is 0.496 e. The van der Waals surface area contributed by atoms with Gasteiger partial charge in [-0.25, -0.2) is 4.39 Å². The average molecular weight is 209 g/mol. The maximum atomic E-state index is 12.4. The Bertz CT molecular complexity index is 388. The Hall–Kier alpha value is -1.68. The van der Waals surface area contributed by atoms with E-state index >= 15 is 0 Å². The predicted octanol–water partition coefficient (Wildman–Crippen LogP) is 1.78. The summed E-state index contributed by atoms with van der Waals surface area (Å²) < 4.78 is 17.4. The Kier molecular flexibility index (Phi) is 4.00. The van der Waals surface area contributed by atoms with Gasteiger partial charge in [0.25, 0.3) is 0 Å². The number of ether oxygens (including phenoxy) is 1. The number of halogens is 1. The van der Waals surface area contributed by atoms with Crippen molar-refractivity contribution in [1.82, 2.24) is 0 Å². The van der Waals surface area contributed by atoms with E-state index in [-0.39, 0.29) is 6.54 Å². The first kappa shape index (κ1) is 11.4. The molecule has 15 heavy (non-hydrogen) atoms. The van der Waals surface area contributed by atoms with Gasteiger partial charge in [-0.2, -0.15) is 0 Å². The number of aldehydes is 1. The molecule has 0 radical (unpaired) electrons. The van der Waals surface area contributed by atoms with Crippen molar-refractivity contribution in [3.63, 3.8) is 0 Å². The molecule has 2 N–H and O–H groups in total. The van der Waals surface area contributed by atoms with Gasteiger partial charge in [0, 0.05) is 12.1 Å². The van der Waals surface area contributed by atoms with E-state index < -0.39 is 0 Å². The highest BCUT2D eigenvalue weighted by atomic mass is 19.1. The molecule has 0 spiro atoms. The summed E-state index contributed by atoms with van der Waals surface area (Å²) in [5.74, 6) is 0.462. The molecule has 0 saturated heterocycles. The van der Waals surface area contributed by atoms with Crippen LogP contribution in [-0.2, 0) is 0 Å². The van der Waals surface area contributed by atoms with Crippen LogP contribution in [0.4, 0.5) is 4.39 Å². The molecule has 1 aromatic carbocycles. The molecule has 0 amide bonds. The molecule has 0 aliphatic rings. The number of benzene rings is 1. The molecule has 0 saturated carbocycles. The molecule has 0 bridgehead atoms. The lowest BCUT2D eigenvalue weighted by atomic mass is 10.0. The highest BCUT2D eigenvalue weighted by molar-refractivity contribution is 5.82. The normalized spacial score (nSPS) is 11.3. The number of nitrogens with two attached hydrogens (primary N) is 1. The van der Waals surface area contributed by atoms with Crippen molar-refractivity contribution in [3.05, 3.63) is 35.7 Å². The van der Waals surface area contributed by atoms with Crippen LogP contribution in [0.2, 0.25) is 0 Å². The van der Waals surface area contributed by atoms with E-state index in [1.54, 1.807) is 18.2 Å². The van der Waals surface area contributed by atoms with Gasteiger partial charge in [0.15, 0.2) is 6.29 Å². The summed E-state index contributed by atoms with van der Waals surface area (Å²) in [4.78, 5) is 10.7. The number of methoxy groups -OCH3 is 1. The first-order valence-electron chi connectivity index (χ1n) is 4.39. The Morgan fingerprint density at radius 3 is 2.80 bits per heavy atom. The summed E-state index contributed by atoms with van der Waals surface area (Å²) in [6, 6.07) is 4.81. The quantitative estimate of drug-likeness (QED) is 0.769. The summed E-state index contributed by atoms with van der Waals surface area (Å²) >= 11 is 0. The number of carbonyl (C=O) groups is 1. The van der Waals surface area contributed by atoms with Crippen LogP contribution in [-0.4, -0.2) is 19.9 Å². The second-order valence-corrected chi connectivity index (χ2v) is 2.91. The first-order valence-corrected chi connectivity index (χ1v) is 4.39. The van der Waals surface area contributed by atoms with Crippen molar-refractivity contribution >= 4 is 11.9 Å². The van der Waals surface area contributed by atoms with Crippen LogP contribution in [0.1, 0.15) is 15.9 Å². The molecule has 0 unspecified atom stereocenters. The molecule has 3 nitrogen and oxygen atoms in total. The van der Waals surface area contributed by atoms with Crippen molar-refractivity contribution in [2.24, 2.45) is 5.73 Å². The van der Waals surface area contributed by atoms with Gasteiger partial charge in [-0.05, 0) is 17.7 Å². The van der Waals surface area contributed by atoms with Gasteiger partial charge in [-0.1, -0.05) is 6.07 Å². The summed E-state index contributed by atoms with van der Waals surface area (Å²) in [6.07, 6.45) is 1.10. The van der Waals surface area contributed by atoms with Crippen LogP contribution in [0.15, 0.2) is 24.5 Å². The average Bonchev–Trinajstić information content (AvgIpc) is 2.30. The number of hydrogen-bond acceptors (Lipinski definition) is 3. The van der Waals surface area contributed by atoms with E-state index in [4.69, 9.17) is 10.5 Å². The smallest absolute Gasteiger partial charge is 0.153 e. The monoisotopic (exact) mass is 209 g/mol. The fraction of sp³-hybridized carbons (Fsp3) is 0.182. The number of rotatable bonds is 4. The molecule has 1 rings (SSSR count). The van der Waals surface area contributed by atoms with Crippen molar-refractivity contribution in [3.8, 4) is 5.75 Å². The highest BCUT2D eigenvalue weighted by Gasteiger charge is 2.06. The number of hydrogen-bond donors (Lipinski definition) is 1. The summed E-state index contributed by atoms with van der Waals surface area (Å²) in [7, 11) is 1.47. The summed E-state index contributed by atoms with van der Waals surface area (Å²) in [5.41, 5.74) is 6.66. The van der Waals surface area contributed by atoms with E-state index in [0.29, 0.717) is 35.1 Å². The SMILES string of the molecule is COc1ccc(/C(=C\F)CN)cc1C=O. The molecular formula is C11H12FNO2. The molecule has 80 valence electrons. The predicted molar refractivity (Wildman–Crippen MR) is 56.5 cm³/mol. The third kappa shape index (κ3) is 2.41. The van der Waals surface area contributed by atoms with Gasteiger partial charge in [-0.15, -0.1) is 0 Å². The molecule has 0 fully saturated rings. The Morgan fingerprint density at radius 1 is 1.60 bits per heavy atom. The van der Waals surface area contributed by atoms with Crippen molar-refractivity contribution in [2.45, 2.75) is 0 Å². The molecule has 4 heteroatoms. The van der Waals surface area contributed by atoms with Gasteiger partial charge in [-0.3, -0.25) is 4.79 Å². The van der Waals surface area contributed by atoms with E-state index in [9.17, 15) is 9.18 Å². The second-order valence-electron chi connectivity index (χ2n) is 2.91. The fourth-order valence-corrected chi connectivity index (χ4v) is 1.25. The lowest BCUT2D eigenvalue weighted by Crippen LogP contribution is -2.02. The third-order valence-electron chi connectivity index (χ3n) is 2.08. The minimum Gasteiger partial charge on any atom is -0.496 e. The van der Waals surface area contributed by atoms with Crippen LogP contribution < -0.4 is 10.5 Å². The van der Waals surface area contributed by atoms with Gasteiger partial charge >= 0.3 is 0 Å². The van der Waals surface area contributed by atoms with Gasteiger partial charge in [0.05, 0.1) is 19.0 Å². The zero-order valence-corrected chi connectivity index (χ0v) is 8.37. The Balaban J connectivity index is 3.18. The summed E-state index contributed by atoms with van der Waals surface area (Å²) in [6.45, 7) is 0.0845. The maximum absolute atomic E-state index is 12.4. The highest BCUT2D eigenvalue weighted by Crippen LogP contribution is 2.22. The van der Waals surface area contributed by atoms with Crippen molar-refractivity contribution in [2.75, 3.05) is 13.7 Å². The van der Waals surface area contributed by atoms with Crippen LogP contribution in [0.3, 0.4) is 0 Å². The van der Waals surface area contributed by atoms with Gasteiger partial charge in [0.2, 0.25) is 0 Å². The van der Waals surface area contributed by atoms with Gasteiger partial charge < -0.3 is 10.5 Å². The molecule has 0 aromatic heterocycles. The van der Waals surface area contributed by atoms with Crippen LogP contribution in [0.5, 0.6) is 5.75 Å². The van der Waals surface area contributed by atoms with E-state index in [1.165, 1.54) is 7.11 Å². The zero-order valence-electron chi connectivity index (χ0n) is 8.37. The van der Waals surface area contributed by atoms with Gasteiger partial charge in [0.1, 0.15) is 5.75 Å². The fourth-order valence-electron chi connectivity index (χ4n) is 1.25. The first-order chi connectivity index (χ1) is 7.26.